The normalized spacial score (nSPS) is 10.7. The maximum Gasteiger partial charge on any atom is 0.371 e. The smallest absolute Gasteiger partial charge is 0.258 e. The Morgan fingerprint density at radius 3 is 2.43 bits per heavy atom. The highest BCUT2D eigenvalue weighted by Crippen LogP contribution is 2.34. The fourth-order valence-corrected chi connectivity index (χ4v) is 2.19. The summed E-state index contributed by atoms with van der Waals surface area (Å²) in [5.74, 6) is 0. The van der Waals surface area contributed by atoms with Crippen molar-refractivity contribution >= 4 is 22.3 Å². The molecule has 0 radical (unpaired) electrons. The first-order valence-electron chi connectivity index (χ1n) is 5.94. The fraction of sp³-hybridized carbons (Fsp3) is 0. The second-order valence-electron chi connectivity index (χ2n) is 4.27. The van der Waals surface area contributed by atoms with Gasteiger partial charge >= 0.3 is 11.4 Å². The van der Waals surface area contributed by atoms with Gasteiger partial charge in [0.2, 0.25) is 0 Å². The van der Waals surface area contributed by atoms with Crippen LogP contribution in [0, 0.1) is 20.2 Å². The third-order valence-corrected chi connectivity index (χ3v) is 3.08. The maximum absolute atomic E-state index is 11.2. The molecule has 8 nitrogen and oxygen atoms in total. The van der Waals surface area contributed by atoms with Crippen LogP contribution >= 0.6 is 0 Å². The highest BCUT2D eigenvalue weighted by molar-refractivity contribution is 5.81. The molecule has 3 rings (SSSR count). The molecule has 21 heavy (non-hydrogen) atoms. The summed E-state index contributed by atoms with van der Waals surface area (Å²) in [6.07, 6.45) is 1.55. The molecule has 1 heterocycles. The standard InChI is InChI=1S/C13H8N4O4/c18-16(19)12-7-3-6-11(13(12)17(20)21)15-10-5-2-1-4-9(10)8-14-15/h1-8H. The number of hydrogen-bond donors (Lipinski definition) is 0. The summed E-state index contributed by atoms with van der Waals surface area (Å²) < 4.78 is 1.33. The number of fused-ring (bicyclic) bond motifs is 1. The first kappa shape index (κ1) is 12.7. The van der Waals surface area contributed by atoms with Crippen molar-refractivity contribution in [3.63, 3.8) is 0 Å². The molecule has 1 aromatic heterocycles. The minimum absolute atomic E-state index is 0.0652. The van der Waals surface area contributed by atoms with E-state index in [1.807, 2.05) is 12.1 Å². The van der Waals surface area contributed by atoms with Gasteiger partial charge in [-0.05, 0) is 12.1 Å². The van der Waals surface area contributed by atoms with E-state index in [1.54, 1.807) is 18.3 Å². The summed E-state index contributed by atoms with van der Waals surface area (Å²) >= 11 is 0. The molecule has 0 saturated heterocycles. The number of aromatic nitrogens is 2. The number of nitrogens with zero attached hydrogens (tertiary/aromatic N) is 4. The summed E-state index contributed by atoms with van der Waals surface area (Å²) in [7, 11) is 0. The van der Waals surface area contributed by atoms with Crippen molar-refractivity contribution in [3.05, 3.63) is 68.9 Å². The Balaban J connectivity index is 2.35. The van der Waals surface area contributed by atoms with Gasteiger partial charge in [0.1, 0.15) is 0 Å². The molecule has 0 unspecified atom stereocenters. The second kappa shape index (κ2) is 4.67. The Morgan fingerprint density at radius 2 is 1.71 bits per heavy atom. The van der Waals surface area contributed by atoms with Crippen LogP contribution in [0.15, 0.2) is 48.7 Å². The molecular formula is C13H8N4O4. The van der Waals surface area contributed by atoms with Crippen molar-refractivity contribution in [1.29, 1.82) is 0 Å². The molecule has 0 atom stereocenters. The van der Waals surface area contributed by atoms with Crippen molar-refractivity contribution in [2.24, 2.45) is 0 Å². The summed E-state index contributed by atoms with van der Waals surface area (Å²) in [5, 5.41) is 27.1. The van der Waals surface area contributed by atoms with Gasteiger partial charge in [-0.1, -0.05) is 24.3 Å². The summed E-state index contributed by atoms with van der Waals surface area (Å²) in [6.45, 7) is 0. The first-order valence-corrected chi connectivity index (χ1v) is 5.94. The van der Waals surface area contributed by atoms with Crippen molar-refractivity contribution < 1.29 is 9.85 Å². The van der Waals surface area contributed by atoms with Crippen molar-refractivity contribution in [2.75, 3.05) is 0 Å². The molecule has 0 saturated carbocycles. The summed E-state index contributed by atoms with van der Waals surface area (Å²) in [4.78, 5) is 20.7. The van der Waals surface area contributed by atoms with Gasteiger partial charge in [0.15, 0.2) is 5.69 Å². The Bertz CT molecular complexity index is 871. The minimum Gasteiger partial charge on any atom is -0.258 e. The zero-order chi connectivity index (χ0) is 15.0. The molecule has 0 fully saturated rings. The molecule has 8 heteroatoms. The Labute approximate surface area is 117 Å². The lowest BCUT2D eigenvalue weighted by Crippen LogP contribution is -2.04. The molecule has 0 bridgehead atoms. The molecule has 0 aliphatic heterocycles. The molecule has 0 N–H and O–H groups in total. The van der Waals surface area contributed by atoms with E-state index in [4.69, 9.17) is 0 Å². The van der Waals surface area contributed by atoms with Crippen LogP contribution in [0.25, 0.3) is 16.6 Å². The van der Waals surface area contributed by atoms with Crippen LogP contribution < -0.4 is 0 Å². The van der Waals surface area contributed by atoms with Gasteiger partial charge < -0.3 is 0 Å². The van der Waals surface area contributed by atoms with E-state index >= 15 is 0 Å². The first-order chi connectivity index (χ1) is 10.1. The van der Waals surface area contributed by atoms with E-state index in [9.17, 15) is 20.2 Å². The van der Waals surface area contributed by atoms with Crippen LogP contribution in [0.1, 0.15) is 0 Å². The van der Waals surface area contributed by atoms with Crippen LogP contribution in [0.3, 0.4) is 0 Å². The Kier molecular flexibility index (Phi) is 2.83. The number of para-hydroxylation sites is 2. The van der Waals surface area contributed by atoms with Gasteiger partial charge in [0.05, 0.1) is 21.6 Å². The van der Waals surface area contributed by atoms with Crippen LogP contribution in [0.2, 0.25) is 0 Å². The van der Waals surface area contributed by atoms with Gasteiger partial charge in [0.25, 0.3) is 0 Å². The monoisotopic (exact) mass is 284 g/mol. The largest absolute Gasteiger partial charge is 0.371 e. The number of hydrogen-bond acceptors (Lipinski definition) is 5. The highest BCUT2D eigenvalue weighted by atomic mass is 16.6. The van der Waals surface area contributed by atoms with Crippen molar-refractivity contribution in [1.82, 2.24) is 9.78 Å². The van der Waals surface area contributed by atoms with E-state index < -0.39 is 21.2 Å². The Hall–Kier alpha value is -3.29. The number of nitro benzene ring substituents is 2. The quantitative estimate of drug-likeness (QED) is 0.543. The van der Waals surface area contributed by atoms with E-state index in [0.717, 1.165) is 11.5 Å². The topological polar surface area (TPSA) is 104 Å². The lowest BCUT2D eigenvalue weighted by molar-refractivity contribution is -0.422. The molecule has 0 aliphatic rings. The molecular weight excluding hydrogens is 276 g/mol. The van der Waals surface area contributed by atoms with E-state index in [1.165, 1.54) is 16.8 Å². The number of nitro groups is 2. The van der Waals surface area contributed by atoms with Gasteiger partial charge in [-0.3, -0.25) is 20.2 Å². The number of rotatable bonds is 3. The molecule has 104 valence electrons. The minimum atomic E-state index is -0.771. The average Bonchev–Trinajstić information content (AvgIpc) is 2.90. The molecule has 2 aromatic carbocycles. The number of benzene rings is 2. The van der Waals surface area contributed by atoms with Crippen molar-refractivity contribution in [2.45, 2.75) is 0 Å². The zero-order valence-corrected chi connectivity index (χ0v) is 10.5. The third-order valence-electron chi connectivity index (χ3n) is 3.08. The maximum atomic E-state index is 11.2. The van der Waals surface area contributed by atoms with Gasteiger partial charge in [-0.15, -0.1) is 0 Å². The zero-order valence-electron chi connectivity index (χ0n) is 10.5. The third kappa shape index (κ3) is 1.98. The van der Waals surface area contributed by atoms with Crippen LogP contribution in [-0.4, -0.2) is 19.6 Å². The van der Waals surface area contributed by atoms with Gasteiger partial charge in [0, 0.05) is 11.5 Å². The van der Waals surface area contributed by atoms with Crippen LogP contribution in [-0.2, 0) is 0 Å². The molecule has 3 aromatic rings. The molecule has 0 aliphatic carbocycles. The Morgan fingerprint density at radius 1 is 0.952 bits per heavy atom. The SMILES string of the molecule is O=[N+]([O-])c1cccc(-n2ncc3ccccc32)c1[N+](=O)[O-]. The van der Waals surface area contributed by atoms with Crippen LogP contribution in [0.5, 0.6) is 0 Å². The highest BCUT2D eigenvalue weighted by Gasteiger charge is 2.29. The van der Waals surface area contributed by atoms with E-state index in [2.05, 4.69) is 5.10 Å². The predicted molar refractivity (Wildman–Crippen MR) is 74.4 cm³/mol. The summed E-state index contributed by atoms with van der Waals surface area (Å²) in [6, 6.07) is 11.1. The summed E-state index contributed by atoms with van der Waals surface area (Å²) in [5.41, 5.74) is -0.426. The second-order valence-corrected chi connectivity index (χ2v) is 4.27. The molecule has 0 amide bonds. The van der Waals surface area contributed by atoms with Gasteiger partial charge in [-0.25, -0.2) is 4.68 Å². The predicted octanol–water partition coefficient (Wildman–Crippen LogP) is 2.84. The lowest BCUT2D eigenvalue weighted by Gasteiger charge is -2.04. The fourth-order valence-electron chi connectivity index (χ4n) is 2.19. The van der Waals surface area contributed by atoms with E-state index in [0.29, 0.717) is 5.52 Å². The van der Waals surface area contributed by atoms with Gasteiger partial charge in [-0.2, -0.15) is 5.10 Å². The molecule has 0 spiro atoms. The van der Waals surface area contributed by atoms with Crippen LogP contribution in [0.4, 0.5) is 11.4 Å². The lowest BCUT2D eigenvalue weighted by atomic mass is 10.2. The van der Waals surface area contributed by atoms with E-state index in [-0.39, 0.29) is 5.69 Å². The van der Waals surface area contributed by atoms with Crippen molar-refractivity contribution in [3.8, 4) is 5.69 Å². The average molecular weight is 284 g/mol.